The highest BCUT2D eigenvalue weighted by atomic mass is 79.9. The summed E-state index contributed by atoms with van der Waals surface area (Å²) in [5, 5.41) is 2.94. The van der Waals surface area contributed by atoms with E-state index in [4.69, 9.17) is 9.72 Å². The number of aromatic nitrogens is 2. The quantitative estimate of drug-likeness (QED) is 0.402. The number of nitrogens with zero attached hydrogens (tertiary/aromatic N) is 2. The molecule has 0 aliphatic rings. The summed E-state index contributed by atoms with van der Waals surface area (Å²) in [4.78, 5) is 17.4. The molecule has 3 aromatic carbocycles. The first kappa shape index (κ1) is 20.2. The molecule has 5 nitrogen and oxygen atoms in total. The number of amides is 1. The van der Waals surface area contributed by atoms with Crippen molar-refractivity contribution >= 4 is 38.6 Å². The summed E-state index contributed by atoms with van der Waals surface area (Å²) in [7, 11) is 0. The second-order valence-corrected chi connectivity index (χ2v) is 8.13. The highest BCUT2D eigenvalue weighted by Crippen LogP contribution is 2.22. The number of imidazole rings is 1. The first-order valence-electron chi connectivity index (χ1n) is 9.69. The van der Waals surface area contributed by atoms with Gasteiger partial charge in [-0.15, -0.1) is 0 Å². The van der Waals surface area contributed by atoms with Crippen molar-refractivity contribution in [2.75, 3.05) is 5.32 Å². The Balaban J connectivity index is 1.57. The van der Waals surface area contributed by atoms with Crippen LogP contribution in [0.25, 0.3) is 11.0 Å². The molecule has 0 unspecified atom stereocenters. The lowest BCUT2D eigenvalue weighted by atomic mass is 10.1. The van der Waals surface area contributed by atoms with Crippen LogP contribution in [0.15, 0.2) is 71.2 Å². The first-order chi connectivity index (χ1) is 14.5. The monoisotopic (exact) mass is 463 g/mol. The third-order valence-electron chi connectivity index (χ3n) is 4.86. The fraction of sp³-hybridized carbons (Fsp3) is 0.167. The van der Waals surface area contributed by atoms with Gasteiger partial charge in [-0.25, -0.2) is 4.98 Å². The Morgan fingerprint density at radius 1 is 1.07 bits per heavy atom. The average molecular weight is 464 g/mol. The molecule has 1 amide bonds. The van der Waals surface area contributed by atoms with Crippen LogP contribution < -0.4 is 10.1 Å². The van der Waals surface area contributed by atoms with E-state index >= 15 is 0 Å². The number of benzene rings is 3. The standard InChI is InChI=1S/C24H22BrN3O2/c1-16-7-8-17(2)22(13-16)30-15-23-27-20-5-3-4-6-21(20)28(23)14-24(29)26-19-11-9-18(25)10-12-19/h3-13H,14-15H2,1-2H3,(H,26,29). The molecule has 30 heavy (non-hydrogen) atoms. The van der Waals surface area contributed by atoms with Crippen LogP contribution >= 0.6 is 15.9 Å². The number of fused-ring (bicyclic) bond motifs is 1. The summed E-state index contributed by atoms with van der Waals surface area (Å²) in [6.07, 6.45) is 0. The number of aryl methyl sites for hydroxylation is 2. The van der Waals surface area contributed by atoms with Crippen LogP contribution in [0.1, 0.15) is 17.0 Å². The molecule has 1 aromatic heterocycles. The van der Waals surface area contributed by atoms with E-state index < -0.39 is 0 Å². The zero-order valence-electron chi connectivity index (χ0n) is 16.9. The fourth-order valence-electron chi connectivity index (χ4n) is 3.29. The topological polar surface area (TPSA) is 56.2 Å². The van der Waals surface area contributed by atoms with E-state index in [9.17, 15) is 4.79 Å². The van der Waals surface area contributed by atoms with E-state index in [0.717, 1.165) is 38.1 Å². The van der Waals surface area contributed by atoms with E-state index in [1.807, 2.05) is 79.1 Å². The van der Waals surface area contributed by atoms with Crippen molar-refractivity contribution in [1.82, 2.24) is 9.55 Å². The van der Waals surface area contributed by atoms with E-state index in [1.54, 1.807) is 0 Å². The zero-order valence-corrected chi connectivity index (χ0v) is 18.4. The van der Waals surface area contributed by atoms with Crippen molar-refractivity contribution < 1.29 is 9.53 Å². The van der Waals surface area contributed by atoms with Crippen LogP contribution in [-0.4, -0.2) is 15.5 Å². The molecule has 0 aliphatic carbocycles. The SMILES string of the molecule is Cc1ccc(C)c(OCc2nc3ccccc3n2CC(=O)Nc2ccc(Br)cc2)c1. The van der Waals surface area contributed by atoms with Crippen LogP contribution in [-0.2, 0) is 17.9 Å². The van der Waals surface area contributed by atoms with Gasteiger partial charge in [0, 0.05) is 10.2 Å². The summed E-state index contributed by atoms with van der Waals surface area (Å²) in [6, 6.07) is 21.4. The van der Waals surface area contributed by atoms with Gasteiger partial charge in [0.05, 0.1) is 11.0 Å². The normalized spacial score (nSPS) is 10.9. The van der Waals surface area contributed by atoms with Crippen LogP contribution in [0.2, 0.25) is 0 Å². The number of anilines is 1. The second kappa shape index (κ2) is 8.71. The van der Waals surface area contributed by atoms with Crippen molar-refractivity contribution in [3.8, 4) is 5.75 Å². The van der Waals surface area contributed by atoms with Crippen molar-refractivity contribution in [2.45, 2.75) is 27.0 Å². The van der Waals surface area contributed by atoms with Crippen molar-refractivity contribution in [3.63, 3.8) is 0 Å². The second-order valence-electron chi connectivity index (χ2n) is 7.22. The number of hydrogen-bond donors (Lipinski definition) is 1. The summed E-state index contributed by atoms with van der Waals surface area (Å²) in [5.41, 5.74) is 4.70. The summed E-state index contributed by atoms with van der Waals surface area (Å²) in [5.74, 6) is 1.42. The Hall–Kier alpha value is -3.12. The lowest BCUT2D eigenvalue weighted by molar-refractivity contribution is -0.116. The maximum atomic E-state index is 12.7. The zero-order chi connectivity index (χ0) is 21.1. The predicted molar refractivity (Wildman–Crippen MR) is 123 cm³/mol. The molecule has 4 rings (SSSR count). The molecular formula is C24H22BrN3O2. The lowest BCUT2D eigenvalue weighted by Gasteiger charge is -2.12. The van der Waals surface area contributed by atoms with E-state index in [1.165, 1.54) is 0 Å². The van der Waals surface area contributed by atoms with Gasteiger partial charge in [-0.3, -0.25) is 4.79 Å². The highest BCUT2D eigenvalue weighted by molar-refractivity contribution is 9.10. The molecule has 1 heterocycles. The van der Waals surface area contributed by atoms with Crippen molar-refractivity contribution in [3.05, 3.63) is 88.2 Å². The molecule has 0 saturated carbocycles. The smallest absolute Gasteiger partial charge is 0.244 e. The molecule has 0 bridgehead atoms. The van der Waals surface area contributed by atoms with Crippen molar-refractivity contribution in [1.29, 1.82) is 0 Å². The summed E-state index contributed by atoms with van der Waals surface area (Å²) in [6.45, 7) is 4.49. The van der Waals surface area contributed by atoms with Gasteiger partial charge in [0.1, 0.15) is 24.7 Å². The number of halogens is 1. The van der Waals surface area contributed by atoms with Gasteiger partial charge in [0.15, 0.2) is 0 Å². The van der Waals surface area contributed by atoms with Crippen LogP contribution in [0.3, 0.4) is 0 Å². The number of rotatable bonds is 6. The number of para-hydroxylation sites is 2. The molecule has 0 atom stereocenters. The largest absolute Gasteiger partial charge is 0.485 e. The highest BCUT2D eigenvalue weighted by Gasteiger charge is 2.15. The van der Waals surface area contributed by atoms with Crippen LogP contribution in [0.5, 0.6) is 5.75 Å². The lowest BCUT2D eigenvalue weighted by Crippen LogP contribution is -2.20. The number of carbonyl (C=O) groups excluding carboxylic acids is 1. The Kier molecular flexibility index (Phi) is 5.86. The van der Waals surface area contributed by atoms with Crippen LogP contribution in [0, 0.1) is 13.8 Å². The maximum absolute atomic E-state index is 12.7. The molecule has 0 fully saturated rings. The fourth-order valence-corrected chi connectivity index (χ4v) is 3.56. The van der Waals surface area contributed by atoms with Gasteiger partial charge < -0.3 is 14.6 Å². The number of hydrogen-bond acceptors (Lipinski definition) is 3. The van der Waals surface area contributed by atoms with E-state index in [0.29, 0.717) is 5.82 Å². The third kappa shape index (κ3) is 4.54. The Morgan fingerprint density at radius 3 is 2.63 bits per heavy atom. The predicted octanol–water partition coefficient (Wildman–Crippen LogP) is 5.63. The van der Waals surface area contributed by atoms with Gasteiger partial charge in [-0.2, -0.15) is 0 Å². The number of nitrogens with one attached hydrogen (secondary N) is 1. The molecule has 0 radical (unpaired) electrons. The minimum atomic E-state index is -0.117. The molecule has 152 valence electrons. The average Bonchev–Trinajstić information content (AvgIpc) is 3.08. The van der Waals surface area contributed by atoms with Gasteiger partial charge in [-0.05, 0) is 67.4 Å². The Morgan fingerprint density at radius 2 is 1.83 bits per heavy atom. The van der Waals surface area contributed by atoms with Gasteiger partial charge in [0.2, 0.25) is 5.91 Å². The molecule has 0 aliphatic heterocycles. The third-order valence-corrected chi connectivity index (χ3v) is 5.39. The Labute approximate surface area is 183 Å². The number of carbonyl (C=O) groups is 1. The maximum Gasteiger partial charge on any atom is 0.244 e. The summed E-state index contributed by atoms with van der Waals surface area (Å²) >= 11 is 3.40. The molecular weight excluding hydrogens is 442 g/mol. The first-order valence-corrected chi connectivity index (χ1v) is 10.5. The van der Waals surface area contributed by atoms with Gasteiger partial charge in [0.25, 0.3) is 0 Å². The van der Waals surface area contributed by atoms with Gasteiger partial charge >= 0.3 is 0 Å². The minimum Gasteiger partial charge on any atom is -0.485 e. The van der Waals surface area contributed by atoms with Crippen molar-refractivity contribution in [2.24, 2.45) is 0 Å². The molecule has 0 saturated heterocycles. The van der Waals surface area contributed by atoms with Gasteiger partial charge in [-0.1, -0.05) is 40.2 Å². The Bertz CT molecular complexity index is 1200. The van der Waals surface area contributed by atoms with E-state index in [2.05, 4.69) is 27.3 Å². The molecule has 0 spiro atoms. The van der Waals surface area contributed by atoms with E-state index in [-0.39, 0.29) is 19.1 Å². The minimum absolute atomic E-state index is 0.117. The van der Waals surface area contributed by atoms with Crippen LogP contribution in [0.4, 0.5) is 5.69 Å². The number of ether oxygens (including phenoxy) is 1. The molecule has 6 heteroatoms. The molecule has 4 aromatic rings. The molecule has 1 N–H and O–H groups in total. The summed E-state index contributed by atoms with van der Waals surface area (Å²) < 4.78 is 8.94.